The van der Waals surface area contributed by atoms with Crippen molar-refractivity contribution in [2.24, 2.45) is 0 Å². The molecule has 4 atom stereocenters. The number of ether oxygens (including phenoxy) is 3. The van der Waals surface area contributed by atoms with Gasteiger partial charge in [0.05, 0.1) is 24.3 Å². The highest BCUT2D eigenvalue weighted by Gasteiger charge is 2.60. The van der Waals surface area contributed by atoms with E-state index in [0.717, 1.165) is 16.2 Å². The van der Waals surface area contributed by atoms with Gasteiger partial charge in [-0.25, -0.2) is 18.3 Å². The largest absolute Gasteiger partial charge is 0.401 e. The van der Waals surface area contributed by atoms with E-state index in [-0.39, 0.29) is 38.9 Å². The van der Waals surface area contributed by atoms with E-state index >= 15 is 0 Å². The van der Waals surface area contributed by atoms with Crippen LogP contribution in [0.1, 0.15) is 44.9 Å². The molecule has 2 aromatic heterocycles. The lowest BCUT2D eigenvalue weighted by Crippen LogP contribution is -2.55. The third-order valence-corrected chi connectivity index (χ3v) is 9.05. The van der Waals surface area contributed by atoms with E-state index in [9.17, 15) is 22.0 Å². The van der Waals surface area contributed by atoms with Gasteiger partial charge >= 0.3 is 6.18 Å². The molecule has 2 aromatic rings. The Hall–Kier alpha value is -1.58. The molecule has 6 heterocycles. The van der Waals surface area contributed by atoms with Crippen molar-refractivity contribution in [3.63, 3.8) is 0 Å². The van der Waals surface area contributed by atoms with Crippen LogP contribution in [0.15, 0.2) is 23.5 Å². The first-order chi connectivity index (χ1) is 18.3. The predicted octanol–water partition coefficient (Wildman–Crippen LogP) is 4.15. The Morgan fingerprint density at radius 2 is 1.82 bits per heavy atom. The van der Waals surface area contributed by atoms with Crippen molar-refractivity contribution in [1.82, 2.24) is 24.4 Å². The summed E-state index contributed by atoms with van der Waals surface area (Å²) in [5.74, 6) is -3.82. The lowest BCUT2D eigenvalue weighted by atomic mass is 9.84. The summed E-state index contributed by atoms with van der Waals surface area (Å²) < 4.78 is 89.3. The first-order valence-electron chi connectivity index (χ1n) is 13.1. The normalized spacial score (nSPS) is 32.4. The molecule has 0 bridgehead atoms. The molecule has 0 radical (unpaired) electrons. The molecular formula is C25H32F5N5O3S. The van der Waals surface area contributed by atoms with Crippen LogP contribution in [-0.2, 0) is 14.2 Å². The standard InChI is InChI=1S/C25H32F5N5O3S/c1-22(2)37-19-17(36-18(20(19)38-22)15-4-5-16-21(39-3)31-14-32-35(15)16)10-34-12-24(26,27)11-23(34)6-8-33(9-7-23)13-25(28,29)30/h4-5,14,17-20H,6-13H2,1-3H3/t17-,18+,19-,20+/m1/s1. The average Bonchev–Trinajstić information content (AvgIpc) is 3.55. The second kappa shape index (κ2) is 9.48. The zero-order valence-electron chi connectivity index (χ0n) is 22.0. The van der Waals surface area contributed by atoms with Crippen LogP contribution >= 0.6 is 11.8 Å². The molecule has 39 heavy (non-hydrogen) atoms. The second-order valence-electron chi connectivity index (χ2n) is 11.5. The van der Waals surface area contributed by atoms with Crippen LogP contribution in [0.4, 0.5) is 22.0 Å². The molecule has 4 saturated heterocycles. The van der Waals surface area contributed by atoms with Gasteiger partial charge in [0.2, 0.25) is 0 Å². The van der Waals surface area contributed by atoms with Gasteiger partial charge in [-0.3, -0.25) is 9.80 Å². The summed E-state index contributed by atoms with van der Waals surface area (Å²) >= 11 is 1.50. The molecule has 4 aliphatic rings. The topological polar surface area (TPSA) is 64.4 Å². The Kier molecular flexibility index (Phi) is 6.71. The number of hydrogen-bond acceptors (Lipinski definition) is 8. The highest BCUT2D eigenvalue weighted by Crippen LogP contribution is 2.49. The van der Waals surface area contributed by atoms with Crippen LogP contribution in [0.2, 0.25) is 0 Å². The molecule has 0 aliphatic carbocycles. The maximum atomic E-state index is 14.9. The maximum absolute atomic E-state index is 14.9. The van der Waals surface area contributed by atoms with E-state index in [1.54, 1.807) is 9.42 Å². The summed E-state index contributed by atoms with van der Waals surface area (Å²) in [6.07, 6.45) is -2.92. The lowest BCUT2D eigenvalue weighted by Gasteiger charge is -2.45. The number of piperidine rings is 1. The molecular weight excluding hydrogens is 545 g/mol. The van der Waals surface area contributed by atoms with Gasteiger partial charge in [-0.2, -0.15) is 18.3 Å². The number of nitrogens with zero attached hydrogens (tertiary/aromatic N) is 5. The highest BCUT2D eigenvalue weighted by atomic mass is 32.2. The molecule has 0 N–H and O–H groups in total. The SMILES string of the molecule is CSc1ncnn2c([C@@H]3O[C@H](CN4CC(F)(F)CC45CCN(CC(F)(F)F)CC5)[C@H]4OC(C)(C)O[C@H]43)ccc12. The molecule has 216 valence electrons. The summed E-state index contributed by atoms with van der Waals surface area (Å²) in [6.45, 7) is 2.54. The second-order valence-corrected chi connectivity index (χ2v) is 12.3. The zero-order chi connectivity index (χ0) is 27.8. The Bertz CT molecular complexity index is 1220. The van der Waals surface area contributed by atoms with Gasteiger partial charge in [-0.05, 0) is 45.1 Å². The van der Waals surface area contributed by atoms with Gasteiger partial charge in [-0.15, -0.1) is 11.8 Å². The minimum Gasteiger partial charge on any atom is -0.362 e. The number of hydrogen-bond donors (Lipinski definition) is 0. The van der Waals surface area contributed by atoms with Gasteiger partial charge in [-0.1, -0.05) is 0 Å². The van der Waals surface area contributed by atoms with Crippen molar-refractivity contribution < 1.29 is 36.2 Å². The van der Waals surface area contributed by atoms with Gasteiger partial charge in [0.15, 0.2) is 5.79 Å². The molecule has 0 amide bonds. The molecule has 4 fully saturated rings. The van der Waals surface area contributed by atoms with Crippen molar-refractivity contribution >= 4 is 17.3 Å². The average molecular weight is 578 g/mol. The summed E-state index contributed by atoms with van der Waals surface area (Å²) in [5, 5.41) is 5.22. The van der Waals surface area contributed by atoms with Gasteiger partial charge in [0.1, 0.15) is 35.8 Å². The quantitative estimate of drug-likeness (QED) is 0.388. The Balaban J connectivity index is 1.25. The van der Waals surface area contributed by atoms with Crippen LogP contribution < -0.4 is 0 Å². The van der Waals surface area contributed by atoms with Crippen molar-refractivity contribution in [3.8, 4) is 0 Å². The molecule has 1 spiro atoms. The first kappa shape index (κ1) is 27.6. The third-order valence-electron chi connectivity index (χ3n) is 8.35. The molecule has 0 unspecified atom stereocenters. The number of halogens is 5. The number of fused-ring (bicyclic) bond motifs is 2. The van der Waals surface area contributed by atoms with Crippen LogP contribution in [-0.4, -0.2) is 105 Å². The molecule has 8 nitrogen and oxygen atoms in total. The number of alkyl halides is 5. The Morgan fingerprint density at radius 1 is 1.10 bits per heavy atom. The summed E-state index contributed by atoms with van der Waals surface area (Å²) in [7, 11) is 0. The smallest absolute Gasteiger partial charge is 0.362 e. The van der Waals surface area contributed by atoms with Crippen molar-refractivity contribution in [1.29, 1.82) is 0 Å². The van der Waals surface area contributed by atoms with Crippen molar-refractivity contribution in [3.05, 3.63) is 24.2 Å². The minimum absolute atomic E-state index is 0.118. The van der Waals surface area contributed by atoms with Crippen LogP contribution in [0, 0.1) is 0 Å². The predicted molar refractivity (Wildman–Crippen MR) is 132 cm³/mol. The van der Waals surface area contributed by atoms with Crippen molar-refractivity contribution in [2.75, 3.05) is 39.0 Å². The maximum Gasteiger partial charge on any atom is 0.401 e. The van der Waals surface area contributed by atoms with Crippen LogP contribution in [0.5, 0.6) is 0 Å². The van der Waals surface area contributed by atoms with E-state index < -0.39 is 60.9 Å². The molecule has 4 aliphatic heterocycles. The Labute approximate surface area is 227 Å². The van der Waals surface area contributed by atoms with Gasteiger partial charge in [0, 0.05) is 31.6 Å². The zero-order valence-corrected chi connectivity index (χ0v) is 22.8. The Morgan fingerprint density at radius 3 is 2.51 bits per heavy atom. The fourth-order valence-corrected chi connectivity index (χ4v) is 7.33. The summed E-state index contributed by atoms with van der Waals surface area (Å²) in [4.78, 5) is 7.36. The monoisotopic (exact) mass is 577 g/mol. The third kappa shape index (κ3) is 5.16. The number of aromatic nitrogens is 3. The van der Waals surface area contributed by atoms with Crippen LogP contribution in [0.25, 0.3) is 5.52 Å². The minimum atomic E-state index is -4.32. The number of likely N-dealkylation sites (tertiary alicyclic amines) is 2. The molecule has 14 heteroatoms. The van der Waals surface area contributed by atoms with Gasteiger partial charge < -0.3 is 14.2 Å². The number of rotatable bonds is 5. The van der Waals surface area contributed by atoms with E-state index in [1.165, 1.54) is 23.0 Å². The first-order valence-corrected chi connectivity index (χ1v) is 14.3. The molecule has 0 saturated carbocycles. The van der Waals surface area contributed by atoms with Crippen molar-refractivity contribution in [2.45, 2.75) is 86.0 Å². The summed E-state index contributed by atoms with van der Waals surface area (Å²) in [6, 6.07) is 3.82. The van der Waals surface area contributed by atoms with Crippen LogP contribution in [0.3, 0.4) is 0 Å². The number of thioether (sulfide) groups is 1. The van der Waals surface area contributed by atoms with E-state index in [0.29, 0.717) is 0 Å². The van der Waals surface area contributed by atoms with E-state index in [4.69, 9.17) is 14.2 Å². The summed E-state index contributed by atoms with van der Waals surface area (Å²) in [5.41, 5.74) is 0.689. The van der Waals surface area contributed by atoms with Gasteiger partial charge in [0.25, 0.3) is 5.92 Å². The molecule has 6 rings (SSSR count). The lowest BCUT2D eigenvalue weighted by molar-refractivity contribution is -0.191. The fraction of sp³-hybridized carbons (Fsp3) is 0.760. The van der Waals surface area contributed by atoms with E-state index in [2.05, 4.69) is 10.1 Å². The fourth-order valence-electron chi connectivity index (χ4n) is 6.82. The molecule has 0 aromatic carbocycles. The van der Waals surface area contributed by atoms with E-state index in [1.807, 2.05) is 32.2 Å². The highest BCUT2D eigenvalue weighted by molar-refractivity contribution is 7.98.